The number of imide groups is 1. The summed E-state index contributed by atoms with van der Waals surface area (Å²) in [5.41, 5.74) is 6.31. The highest BCUT2D eigenvalue weighted by molar-refractivity contribution is 6.07. The van der Waals surface area contributed by atoms with Gasteiger partial charge in [-0.05, 0) is 53.9 Å². The monoisotopic (exact) mass is 503 g/mol. The van der Waals surface area contributed by atoms with Gasteiger partial charge in [0, 0.05) is 18.8 Å². The first-order chi connectivity index (χ1) is 17.6. The first-order valence-electron chi connectivity index (χ1n) is 11.3. The molecule has 0 aliphatic rings. The van der Waals surface area contributed by atoms with Crippen molar-refractivity contribution in [3.63, 3.8) is 0 Å². The lowest BCUT2D eigenvalue weighted by Crippen LogP contribution is -2.58. The zero-order chi connectivity index (χ0) is 27.2. The second kappa shape index (κ2) is 11.3. The van der Waals surface area contributed by atoms with E-state index in [1.54, 1.807) is 48.5 Å². The van der Waals surface area contributed by atoms with Crippen LogP contribution in [0.3, 0.4) is 0 Å². The minimum absolute atomic E-state index is 0.115. The van der Waals surface area contributed by atoms with Crippen molar-refractivity contribution in [3.05, 3.63) is 66.6 Å². The highest BCUT2D eigenvalue weighted by Crippen LogP contribution is 2.32. The van der Waals surface area contributed by atoms with Gasteiger partial charge in [-0.1, -0.05) is 20.8 Å². The molecule has 0 fully saturated rings. The summed E-state index contributed by atoms with van der Waals surface area (Å²) in [5.74, 6) is 1.24. The summed E-state index contributed by atoms with van der Waals surface area (Å²) in [6.07, 6.45) is 1.38. The third-order valence-electron chi connectivity index (χ3n) is 5.11. The maximum atomic E-state index is 14.2. The number of carbonyl (C=O) groups excluding carboxylic acids is 2. The fraction of sp³-hybridized carbons (Fsp3) is 0.269. The molecule has 1 aromatic heterocycles. The largest absolute Gasteiger partial charge is 0.497 e. The summed E-state index contributed by atoms with van der Waals surface area (Å²) in [4.78, 5) is 36.5. The number of primary amides is 1. The van der Waals surface area contributed by atoms with Crippen LogP contribution in [0.25, 0.3) is 0 Å². The molecule has 2 aromatic carbocycles. The number of ether oxygens (including phenoxy) is 2. The number of hydrogen-bond acceptors (Lipinski definition) is 8. The van der Waals surface area contributed by atoms with Crippen molar-refractivity contribution in [2.24, 2.45) is 11.1 Å². The molecule has 3 aromatic rings. The molecular weight excluding hydrogens is 474 g/mol. The smallest absolute Gasteiger partial charge is 0.356 e. The molecule has 3 rings (SSSR count). The summed E-state index contributed by atoms with van der Waals surface area (Å²) in [6.45, 7) is 5.96. The molecule has 0 atom stereocenters. The van der Waals surface area contributed by atoms with Gasteiger partial charge < -0.3 is 15.2 Å². The summed E-state index contributed by atoms with van der Waals surface area (Å²) in [7, 11) is 3.08. The number of urea groups is 2. The fourth-order valence-corrected chi connectivity index (χ4v) is 3.49. The number of rotatable bonds is 7. The molecule has 0 bridgehead atoms. The Bertz CT molecular complexity index is 1230. The molecule has 4 amide bonds. The normalized spacial score (nSPS) is 10.7. The number of anilines is 3. The van der Waals surface area contributed by atoms with Gasteiger partial charge in [-0.15, -0.1) is 5.01 Å². The van der Waals surface area contributed by atoms with Gasteiger partial charge >= 0.3 is 12.1 Å². The van der Waals surface area contributed by atoms with E-state index in [9.17, 15) is 14.9 Å². The van der Waals surface area contributed by atoms with E-state index in [1.807, 2.05) is 26.8 Å². The lowest BCUT2D eigenvalue weighted by Gasteiger charge is -2.39. The summed E-state index contributed by atoms with van der Waals surface area (Å²) in [6, 6.07) is 15.1. The molecule has 2 N–H and O–H groups in total. The number of nitriles is 1. The number of hydrogen-bond donors (Lipinski definition) is 1. The van der Waals surface area contributed by atoms with E-state index in [4.69, 9.17) is 15.2 Å². The Morgan fingerprint density at radius 3 is 1.86 bits per heavy atom. The molecule has 0 saturated carbocycles. The predicted octanol–water partition coefficient (Wildman–Crippen LogP) is 4.47. The molecule has 0 spiro atoms. The Morgan fingerprint density at radius 2 is 1.46 bits per heavy atom. The molecule has 0 aliphatic carbocycles. The maximum Gasteiger partial charge on any atom is 0.356 e. The Morgan fingerprint density at radius 1 is 0.946 bits per heavy atom. The van der Waals surface area contributed by atoms with Crippen LogP contribution in [0.5, 0.6) is 11.5 Å². The van der Waals surface area contributed by atoms with Crippen LogP contribution in [0.15, 0.2) is 60.8 Å². The van der Waals surface area contributed by atoms with Crippen LogP contribution in [0, 0.1) is 16.7 Å². The summed E-state index contributed by atoms with van der Waals surface area (Å²) < 4.78 is 10.5. The molecule has 0 aliphatic heterocycles. The maximum absolute atomic E-state index is 14.2. The van der Waals surface area contributed by atoms with Crippen molar-refractivity contribution >= 4 is 29.3 Å². The van der Waals surface area contributed by atoms with E-state index in [2.05, 4.69) is 9.97 Å². The highest BCUT2D eigenvalue weighted by Gasteiger charge is 2.35. The van der Waals surface area contributed by atoms with Crippen molar-refractivity contribution in [1.82, 2.24) is 15.0 Å². The Balaban J connectivity index is 2.18. The van der Waals surface area contributed by atoms with E-state index in [-0.39, 0.29) is 18.2 Å². The standard InChI is InChI=1S/C26H29N7O4/c1-26(2,3)17-31(23-14-15-29-22(16-27)30-23)33(24(28)34)25(35)32(18-6-10-20(36-4)11-7-18)19-8-12-21(37-5)13-9-19/h6-15H,17H2,1-5H3,(H2,28,34). The third-order valence-corrected chi connectivity index (χ3v) is 5.11. The first-order valence-corrected chi connectivity index (χ1v) is 11.3. The zero-order valence-corrected chi connectivity index (χ0v) is 21.4. The molecule has 0 saturated heterocycles. The summed E-state index contributed by atoms with van der Waals surface area (Å²) >= 11 is 0. The van der Waals surface area contributed by atoms with E-state index >= 15 is 0 Å². The number of nitrogens with two attached hydrogens (primary N) is 1. The van der Waals surface area contributed by atoms with Gasteiger partial charge in [-0.25, -0.2) is 14.6 Å². The Kier molecular flexibility index (Phi) is 8.14. The van der Waals surface area contributed by atoms with Gasteiger partial charge in [0.15, 0.2) is 5.82 Å². The van der Waals surface area contributed by atoms with Gasteiger partial charge in [0.25, 0.3) is 0 Å². The molecule has 37 heavy (non-hydrogen) atoms. The summed E-state index contributed by atoms with van der Waals surface area (Å²) in [5, 5.41) is 11.5. The third kappa shape index (κ3) is 6.43. The van der Waals surface area contributed by atoms with Gasteiger partial charge in [0.05, 0.1) is 25.6 Å². The topological polar surface area (TPSA) is 138 Å². The van der Waals surface area contributed by atoms with Crippen LogP contribution < -0.4 is 25.1 Å². The predicted molar refractivity (Wildman–Crippen MR) is 138 cm³/mol. The lowest BCUT2D eigenvalue weighted by molar-refractivity contribution is 0.186. The second-order valence-corrected chi connectivity index (χ2v) is 9.13. The van der Waals surface area contributed by atoms with Gasteiger partial charge in [-0.2, -0.15) is 10.2 Å². The van der Waals surface area contributed by atoms with Crippen LogP contribution >= 0.6 is 0 Å². The molecule has 1 heterocycles. The zero-order valence-electron chi connectivity index (χ0n) is 21.4. The van der Waals surface area contributed by atoms with Crippen LogP contribution in [-0.2, 0) is 0 Å². The molecule has 0 unspecified atom stereocenters. The van der Waals surface area contributed by atoms with Crippen LogP contribution in [0.4, 0.5) is 26.8 Å². The fourth-order valence-electron chi connectivity index (χ4n) is 3.49. The van der Waals surface area contributed by atoms with Gasteiger partial charge in [0.2, 0.25) is 5.82 Å². The molecule has 192 valence electrons. The van der Waals surface area contributed by atoms with Crippen LogP contribution in [0.1, 0.15) is 26.6 Å². The quantitative estimate of drug-likeness (QED) is 0.466. The number of benzene rings is 2. The molecular formula is C26H29N7O4. The number of nitrogens with zero attached hydrogens (tertiary/aromatic N) is 6. The minimum atomic E-state index is -1.03. The van der Waals surface area contributed by atoms with Gasteiger partial charge in [-0.3, -0.25) is 9.91 Å². The molecule has 11 nitrogen and oxygen atoms in total. The van der Waals surface area contributed by atoms with Crippen molar-refractivity contribution in [1.29, 1.82) is 5.26 Å². The van der Waals surface area contributed by atoms with Crippen molar-refractivity contribution in [3.8, 4) is 17.6 Å². The molecule has 0 radical (unpaired) electrons. The molecule has 11 heteroatoms. The van der Waals surface area contributed by atoms with E-state index < -0.39 is 17.5 Å². The second-order valence-electron chi connectivity index (χ2n) is 9.13. The number of amides is 4. The first kappa shape index (κ1) is 26.7. The Labute approximate surface area is 215 Å². The average Bonchev–Trinajstić information content (AvgIpc) is 2.88. The highest BCUT2D eigenvalue weighted by atomic mass is 16.5. The van der Waals surface area contributed by atoms with E-state index in [0.29, 0.717) is 22.9 Å². The van der Waals surface area contributed by atoms with Crippen LogP contribution in [0.2, 0.25) is 0 Å². The Hall–Kier alpha value is -4.85. The number of hydrazine groups is 1. The van der Waals surface area contributed by atoms with E-state index in [0.717, 1.165) is 5.01 Å². The number of carbonyl (C=O) groups is 2. The van der Waals surface area contributed by atoms with Crippen molar-refractivity contribution in [2.45, 2.75) is 20.8 Å². The minimum Gasteiger partial charge on any atom is -0.497 e. The average molecular weight is 504 g/mol. The number of methoxy groups -OCH3 is 2. The van der Waals surface area contributed by atoms with Gasteiger partial charge in [0.1, 0.15) is 17.6 Å². The SMILES string of the molecule is COc1ccc(N(C(=O)N(C(N)=O)N(CC(C)(C)C)c2ccnc(C#N)n2)c2ccc(OC)cc2)cc1. The van der Waals surface area contributed by atoms with Crippen LogP contribution in [-0.4, -0.2) is 47.8 Å². The number of aromatic nitrogens is 2. The lowest BCUT2D eigenvalue weighted by atomic mass is 9.96. The van der Waals surface area contributed by atoms with E-state index in [1.165, 1.54) is 36.4 Å². The van der Waals surface area contributed by atoms with Crippen molar-refractivity contribution < 1.29 is 19.1 Å². The van der Waals surface area contributed by atoms with Crippen molar-refractivity contribution in [2.75, 3.05) is 30.7 Å².